The van der Waals surface area contributed by atoms with E-state index in [1.54, 1.807) is 6.20 Å². The summed E-state index contributed by atoms with van der Waals surface area (Å²) in [5, 5.41) is 0. The molecule has 0 bridgehead atoms. The van der Waals surface area contributed by atoms with Gasteiger partial charge in [-0.2, -0.15) is 0 Å². The number of nitrogens with one attached hydrogen (secondary N) is 1. The van der Waals surface area contributed by atoms with Crippen molar-refractivity contribution in [1.29, 1.82) is 0 Å². The molecule has 0 aliphatic carbocycles. The van der Waals surface area contributed by atoms with Gasteiger partial charge in [-0.15, -0.1) is 0 Å². The first kappa shape index (κ1) is 10.3. The normalized spacial score (nSPS) is 11.4. The van der Waals surface area contributed by atoms with Crippen molar-refractivity contribution in [2.75, 3.05) is 0 Å². The van der Waals surface area contributed by atoms with Gasteiger partial charge in [0.05, 0.1) is 41.1 Å². The number of aromatic nitrogens is 5. The van der Waals surface area contributed by atoms with Crippen LogP contribution in [-0.4, -0.2) is 24.5 Å². The fourth-order valence-electron chi connectivity index (χ4n) is 2.27. The highest BCUT2D eigenvalue weighted by atomic mass is 15.1. The summed E-state index contributed by atoms with van der Waals surface area (Å²) >= 11 is 0. The Morgan fingerprint density at radius 2 is 2.05 bits per heavy atom. The Morgan fingerprint density at radius 3 is 3.00 bits per heavy atom. The van der Waals surface area contributed by atoms with Crippen molar-refractivity contribution in [3.63, 3.8) is 0 Å². The summed E-state index contributed by atoms with van der Waals surface area (Å²) in [5.74, 6) is 0.921. The van der Waals surface area contributed by atoms with Crippen LogP contribution in [0.2, 0.25) is 0 Å². The van der Waals surface area contributed by atoms with Crippen LogP contribution in [0.4, 0.5) is 0 Å². The smallest absolute Gasteiger partial charge is 0.127 e. The lowest BCUT2D eigenvalue weighted by Crippen LogP contribution is -1.99. The summed E-state index contributed by atoms with van der Waals surface area (Å²) in [6.07, 6.45) is 5.39. The van der Waals surface area contributed by atoms with E-state index in [9.17, 15) is 0 Å². The van der Waals surface area contributed by atoms with Crippen molar-refractivity contribution in [2.45, 2.75) is 6.54 Å². The van der Waals surface area contributed by atoms with Gasteiger partial charge in [-0.05, 0) is 18.2 Å². The zero-order valence-electron chi connectivity index (χ0n) is 10.1. The molecule has 0 radical (unpaired) electrons. The predicted molar refractivity (Wildman–Crippen MR) is 72.7 cm³/mol. The summed E-state index contributed by atoms with van der Waals surface area (Å²) in [4.78, 5) is 16.4. The molecular formula is C14H11N5. The first-order chi connectivity index (χ1) is 9.40. The Bertz CT molecular complexity index is 825. The summed E-state index contributed by atoms with van der Waals surface area (Å²) < 4.78 is 2.04. The van der Waals surface area contributed by atoms with Gasteiger partial charge in [0.1, 0.15) is 5.82 Å². The van der Waals surface area contributed by atoms with Crippen molar-refractivity contribution in [3.05, 3.63) is 54.9 Å². The Balaban J connectivity index is 1.78. The Hall–Kier alpha value is -2.69. The van der Waals surface area contributed by atoms with Crippen molar-refractivity contribution in [3.8, 4) is 0 Å². The van der Waals surface area contributed by atoms with Crippen molar-refractivity contribution >= 4 is 22.1 Å². The highest BCUT2D eigenvalue weighted by molar-refractivity contribution is 5.75. The Morgan fingerprint density at radius 1 is 1.11 bits per heavy atom. The highest BCUT2D eigenvalue weighted by Crippen LogP contribution is 2.14. The van der Waals surface area contributed by atoms with Crippen LogP contribution in [0.15, 0.2) is 49.1 Å². The number of hydrogen-bond donors (Lipinski definition) is 1. The van der Waals surface area contributed by atoms with Crippen LogP contribution in [0.1, 0.15) is 5.82 Å². The van der Waals surface area contributed by atoms with Crippen LogP contribution >= 0.6 is 0 Å². The number of pyridine rings is 1. The van der Waals surface area contributed by atoms with Crippen LogP contribution in [0, 0.1) is 0 Å². The number of H-pyrrole nitrogens is 1. The molecule has 19 heavy (non-hydrogen) atoms. The van der Waals surface area contributed by atoms with E-state index in [0.29, 0.717) is 6.54 Å². The third kappa shape index (κ3) is 1.67. The summed E-state index contributed by atoms with van der Waals surface area (Å²) in [6.45, 7) is 0.664. The van der Waals surface area contributed by atoms with E-state index in [1.165, 1.54) is 0 Å². The van der Waals surface area contributed by atoms with E-state index in [4.69, 9.17) is 0 Å². The molecule has 0 unspecified atom stereocenters. The first-order valence-corrected chi connectivity index (χ1v) is 6.09. The molecule has 0 amide bonds. The van der Waals surface area contributed by atoms with E-state index in [2.05, 4.69) is 19.9 Å². The average molecular weight is 249 g/mol. The predicted octanol–water partition coefficient (Wildman–Crippen LogP) is 2.36. The first-order valence-electron chi connectivity index (χ1n) is 6.09. The molecule has 0 saturated carbocycles. The Labute approximate surface area is 109 Å². The number of benzene rings is 1. The molecular weight excluding hydrogens is 238 g/mol. The third-order valence-electron chi connectivity index (χ3n) is 3.18. The molecule has 0 aliphatic heterocycles. The van der Waals surface area contributed by atoms with E-state index in [-0.39, 0.29) is 0 Å². The summed E-state index contributed by atoms with van der Waals surface area (Å²) in [6, 6.07) is 9.93. The van der Waals surface area contributed by atoms with Crippen LogP contribution < -0.4 is 0 Å². The molecule has 3 aromatic heterocycles. The van der Waals surface area contributed by atoms with E-state index >= 15 is 0 Å². The molecule has 5 nitrogen and oxygen atoms in total. The molecule has 5 heteroatoms. The monoisotopic (exact) mass is 249 g/mol. The van der Waals surface area contributed by atoms with Crippen molar-refractivity contribution < 1.29 is 0 Å². The lowest BCUT2D eigenvalue weighted by Gasteiger charge is -2.00. The Kier molecular flexibility index (Phi) is 2.11. The SMILES string of the molecule is c1ccc2[nH]c(Cn3cnc4ccncc43)nc2c1. The zero-order chi connectivity index (χ0) is 12.7. The number of para-hydroxylation sites is 2. The second-order valence-corrected chi connectivity index (χ2v) is 4.44. The number of rotatable bonds is 2. The molecule has 4 rings (SSSR count). The minimum atomic E-state index is 0.664. The van der Waals surface area contributed by atoms with Gasteiger partial charge in [-0.1, -0.05) is 12.1 Å². The third-order valence-corrected chi connectivity index (χ3v) is 3.18. The number of nitrogens with zero attached hydrogens (tertiary/aromatic N) is 4. The highest BCUT2D eigenvalue weighted by Gasteiger charge is 2.06. The van der Waals surface area contributed by atoms with Gasteiger partial charge >= 0.3 is 0 Å². The summed E-state index contributed by atoms with van der Waals surface area (Å²) in [7, 11) is 0. The average Bonchev–Trinajstić information content (AvgIpc) is 3.03. The van der Waals surface area contributed by atoms with Gasteiger partial charge in [0, 0.05) is 6.20 Å². The van der Waals surface area contributed by atoms with Gasteiger partial charge in [0.2, 0.25) is 0 Å². The quantitative estimate of drug-likeness (QED) is 0.593. The van der Waals surface area contributed by atoms with Crippen molar-refractivity contribution in [1.82, 2.24) is 24.5 Å². The van der Waals surface area contributed by atoms with Gasteiger partial charge < -0.3 is 9.55 Å². The van der Waals surface area contributed by atoms with Crippen molar-refractivity contribution in [2.24, 2.45) is 0 Å². The van der Waals surface area contributed by atoms with Crippen LogP contribution in [0.5, 0.6) is 0 Å². The van der Waals surface area contributed by atoms with Gasteiger partial charge in [-0.3, -0.25) is 4.98 Å². The minimum absolute atomic E-state index is 0.664. The van der Waals surface area contributed by atoms with Gasteiger partial charge in [0.25, 0.3) is 0 Å². The maximum atomic E-state index is 4.57. The largest absolute Gasteiger partial charge is 0.340 e. The molecule has 4 aromatic rings. The molecule has 3 heterocycles. The fraction of sp³-hybridized carbons (Fsp3) is 0.0714. The number of hydrogen-bond acceptors (Lipinski definition) is 3. The maximum absolute atomic E-state index is 4.57. The standard InChI is InChI=1S/C14H11N5/c1-2-4-11-10(3-1)17-14(18-11)8-19-9-16-12-5-6-15-7-13(12)19/h1-7,9H,8H2,(H,17,18). The number of imidazole rings is 2. The second kappa shape index (κ2) is 3.91. The van der Waals surface area contributed by atoms with E-state index < -0.39 is 0 Å². The number of fused-ring (bicyclic) bond motifs is 2. The number of aromatic amines is 1. The van der Waals surface area contributed by atoms with Crippen LogP contribution in [0.25, 0.3) is 22.1 Å². The molecule has 92 valence electrons. The molecule has 1 aromatic carbocycles. The molecule has 1 N–H and O–H groups in total. The molecule has 0 atom stereocenters. The minimum Gasteiger partial charge on any atom is -0.340 e. The zero-order valence-corrected chi connectivity index (χ0v) is 10.1. The van der Waals surface area contributed by atoms with Crippen LogP contribution in [-0.2, 0) is 6.54 Å². The topological polar surface area (TPSA) is 59.4 Å². The lowest BCUT2D eigenvalue weighted by molar-refractivity contribution is 0.780. The molecule has 0 aliphatic rings. The van der Waals surface area contributed by atoms with E-state index in [1.807, 2.05) is 47.4 Å². The molecule has 0 fully saturated rings. The van der Waals surface area contributed by atoms with E-state index in [0.717, 1.165) is 27.9 Å². The van der Waals surface area contributed by atoms with Crippen LogP contribution in [0.3, 0.4) is 0 Å². The lowest BCUT2D eigenvalue weighted by atomic mass is 10.3. The fourth-order valence-corrected chi connectivity index (χ4v) is 2.27. The molecule has 0 spiro atoms. The summed E-state index contributed by atoms with van der Waals surface area (Å²) in [5.41, 5.74) is 4.01. The van der Waals surface area contributed by atoms with Gasteiger partial charge in [-0.25, -0.2) is 9.97 Å². The maximum Gasteiger partial charge on any atom is 0.127 e. The second-order valence-electron chi connectivity index (χ2n) is 4.44. The van der Waals surface area contributed by atoms with Gasteiger partial charge in [0.15, 0.2) is 0 Å². The molecule has 0 saturated heterocycles.